The molecule has 0 saturated carbocycles. The Bertz CT molecular complexity index is 904. The van der Waals surface area contributed by atoms with Crippen LogP contribution in [-0.4, -0.2) is 9.97 Å². The highest BCUT2D eigenvalue weighted by atomic mass is 32.1. The van der Waals surface area contributed by atoms with Crippen molar-refractivity contribution in [3.63, 3.8) is 0 Å². The molecule has 3 aromatic rings. The molecule has 0 aliphatic carbocycles. The second kappa shape index (κ2) is 12.1. The van der Waals surface area contributed by atoms with Gasteiger partial charge < -0.3 is 0 Å². The van der Waals surface area contributed by atoms with E-state index in [1.165, 1.54) is 46.8 Å². The molecule has 0 saturated heterocycles. The Morgan fingerprint density at radius 1 is 0.576 bits per heavy atom. The topological polar surface area (TPSA) is 25.8 Å². The van der Waals surface area contributed by atoms with Crippen molar-refractivity contribution in [1.82, 2.24) is 9.97 Å². The van der Waals surface area contributed by atoms with Crippen LogP contribution in [0.25, 0.3) is 0 Å². The number of aromatic nitrogens is 2. The van der Waals surface area contributed by atoms with E-state index in [4.69, 9.17) is 4.98 Å². The molecule has 33 heavy (non-hydrogen) atoms. The van der Waals surface area contributed by atoms with E-state index >= 15 is 0 Å². The van der Waals surface area contributed by atoms with Crippen LogP contribution in [0.3, 0.4) is 0 Å². The van der Waals surface area contributed by atoms with Crippen molar-refractivity contribution in [3.8, 4) is 0 Å². The van der Waals surface area contributed by atoms with E-state index in [0.717, 1.165) is 0 Å². The molecule has 4 atom stereocenters. The Morgan fingerprint density at radius 3 is 1.67 bits per heavy atom. The molecule has 3 heterocycles. The van der Waals surface area contributed by atoms with Gasteiger partial charge in [-0.2, -0.15) is 0 Å². The standard InChI is InChI=1S/C28H42N2S3/c1-17(2)24-27(32-15-29-24)21(7)11-12-22(8)28-25(30-16-33-28)20(6)10-9-19(5)23-13-14-31-26(23)18(3)4/h13-22H,9-12H2,1-8H3. The Labute approximate surface area is 213 Å². The second-order valence-electron chi connectivity index (χ2n) is 10.5. The van der Waals surface area contributed by atoms with E-state index in [-0.39, 0.29) is 0 Å². The molecule has 0 radical (unpaired) electrons. The molecular formula is C28H42N2S3. The molecule has 0 N–H and O–H groups in total. The van der Waals surface area contributed by atoms with Crippen LogP contribution >= 0.6 is 34.0 Å². The van der Waals surface area contributed by atoms with Gasteiger partial charge in [-0.15, -0.1) is 34.0 Å². The lowest BCUT2D eigenvalue weighted by atomic mass is 9.88. The molecular weight excluding hydrogens is 461 g/mol. The third-order valence-electron chi connectivity index (χ3n) is 7.00. The highest BCUT2D eigenvalue weighted by Gasteiger charge is 2.22. The quantitative estimate of drug-likeness (QED) is 0.246. The minimum absolute atomic E-state index is 0.508. The number of hydrogen-bond acceptors (Lipinski definition) is 5. The van der Waals surface area contributed by atoms with Crippen LogP contribution < -0.4 is 0 Å². The number of hydrogen-bond donors (Lipinski definition) is 0. The summed E-state index contributed by atoms with van der Waals surface area (Å²) in [4.78, 5) is 14.0. The Kier molecular flexibility index (Phi) is 9.72. The molecule has 0 aromatic carbocycles. The van der Waals surface area contributed by atoms with Crippen molar-refractivity contribution in [2.75, 3.05) is 0 Å². The predicted molar refractivity (Wildman–Crippen MR) is 149 cm³/mol. The van der Waals surface area contributed by atoms with Crippen LogP contribution in [-0.2, 0) is 0 Å². The van der Waals surface area contributed by atoms with Crippen molar-refractivity contribution in [3.05, 3.63) is 54.1 Å². The van der Waals surface area contributed by atoms with Crippen molar-refractivity contribution >= 4 is 34.0 Å². The Balaban J connectivity index is 1.58. The van der Waals surface area contributed by atoms with Gasteiger partial charge in [0.05, 0.1) is 22.4 Å². The van der Waals surface area contributed by atoms with Crippen molar-refractivity contribution in [2.45, 2.75) is 117 Å². The highest BCUT2D eigenvalue weighted by Crippen LogP contribution is 2.39. The Morgan fingerprint density at radius 2 is 1.09 bits per heavy atom. The summed E-state index contributed by atoms with van der Waals surface area (Å²) in [6, 6.07) is 2.35. The van der Waals surface area contributed by atoms with Gasteiger partial charge in [-0.3, -0.25) is 0 Å². The molecule has 0 fully saturated rings. The van der Waals surface area contributed by atoms with Crippen LogP contribution in [0, 0.1) is 0 Å². The largest absolute Gasteiger partial charge is 0.249 e. The van der Waals surface area contributed by atoms with E-state index in [1.807, 2.05) is 39.5 Å². The lowest BCUT2D eigenvalue weighted by molar-refractivity contribution is 0.545. The number of nitrogens with zero attached hydrogens (tertiary/aromatic N) is 2. The fourth-order valence-electron chi connectivity index (χ4n) is 4.83. The van der Waals surface area contributed by atoms with Crippen molar-refractivity contribution in [2.24, 2.45) is 0 Å². The van der Waals surface area contributed by atoms with Crippen molar-refractivity contribution in [1.29, 1.82) is 0 Å². The Hall–Kier alpha value is -1.04. The molecule has 5 heteroatoms. The molecule has 0 aliphatic rings. The zero-order chi connectivity index (χ0) is 24.1. The smallest absolute Gasteiger partial charge is 0.0797 e. The van der Waals surface area contributed by atoms with Gasteiger partial charge in [0.15, 0.2) is 0 Å². The minimum atomic E-state index is 0.508. The highest BCUT2D eigenvalue weighted by molar-refractivity contribution is 7.10. The van der Waals surface area contributed by atoms with Gasteiger partial charge in [0, 0.05) is 14.6 Å². The molecule has 2 nitrogen and oxygen atoms in total. The fraction of sp³-hybridized carbons (Fsp3) is 0.643. The lowest BCUT2D eigenvalue weighted by Gasteiger charge is -2.20. The molecule has 0 amide bonds. The van der Waals surface area contributed by atoms with E-state index < -0.39 is 0 Å². The maximum Gasteiger partial charge on any atom is 0.0797 e. The predicted octanol–water partition coefficient (Wildman–Crippen LogP) is 10.3. The van der Waals surface area contributed by atoms with Crippen LogP contribution in [0.5, 0.6) is 0 Å². The summed E-state index contributed by atoms with van der Waals surface area (Å²) in [6.07, 6.45) is 4.85. The zero-order valence-electron chi connectivity index (χ0n) is 21.7. The maximum atomic E-state index is 4.85. The summed E-state index contributed by atoms with van der Waals surface area (Å²) in [7, 11) is 0. The summed E-state index contributed by atoms with van der Waals surface area (Å²) in [5.41, 5.74) is 8.30. The van der Waals surface area contributed by atoms with Crippen LogP contribution in [0.2, 0.25) is 0 Å². The molecule has 182 valence electrons. The molecule has 3 rings (SSSR count). The zero-order valence-corrected chi connectivity index (χ0v) is 24.2. The summed E-state index contributed by atoms with van der Waals surface area (Å²) in [5.74, 6) is 3.40. The van der Waals surface area contributed by atoms with Crippen LogP contribution in [0.4, 0.5) is 0 Å². The normalized spacial score (nSPS) is 15.8. The summed E-state index contributed by atoms with van der Waals surface area (Å²) in [5, 5.41) is 2.27. The van der Waals surface area contributed by atoms with Crippen LogP contribution in [0.1, 0.15) is 148 Å². The molecule has 0 bridgehead atoms. The third-order valence-corrected chi connectivity index (χ3v) is 10.4. The average Bonchev–Trinajstić information content (AvgIpc) is 3.54. The van der Waals surface area contributed by atoms with Gasteiger partial charge in [0.25, 0.3) is 0 Å². The van der Waals surface area contributed by atoms with Gasteiger partial charge in [0.1, 0.15) is 0 Å². The maximum absolute atomic E-state index is 4.85. The molecule has 0 spiro atoms. The number of thiazole rings is 2. The van der Waals surface area contributed by atoms with E-state index in [1.54, 1.807) is 10.4 Å². The van der Waals surface area contributed by atoms with Gasteiger partial charge in [-0.1, -0.05) is 55.4 Å². The van der Waals surface area contributed by atoms with Gasteiger partial charge in [0.2, 0.25) is 0 Å². The summed E-state index contributed by atoms with van der Waals surface area (Å²) < 4.78 is 0. The van der Waals surface area contributed by atoms with Gasteiger partial charge >= 0.3 is 0 Å². The molecule has 3 aromatic heterocycles. The van der Waals surface area contributed by atoms with Gasteiger partial charge in [-0.05, 0) is 78.2 Å². The minimum Gasteiger partial charge on any atom is -0.249 e. The summed E-state index contributed by atoms with van der Waals surface area (Å²) in [6.45, 7) is 18.7. The first-order valence-electron chi connectivity index (χ1n) is 12.6. The van der Waals surface area contributed by atoms with E-state index in [9.17, 15) is 0 Å². The third kappa shape index (κ3) is 6.55. The first-order valence-corrected chi connectivity index (χ1v) is 15.3. The van der Waals surface area contributed by atoms with Crippen LogP contribution in [0.15, 0.2) is 22.5 Å². The summed E-state index contributed by atoms with van der Waals surface area (Å²) >= 11 is 5.62. The second-order valence-corrected chi connectivity index (χ2v) is 13.2. The number of thiophene rings is 1. The molecule has 0 aliphatic heterocycles. The van der Waals surface area contributed by atoms with E-state index in [2.05, 4.69) is 77.3 Å². The first kappa shape index (κ1) is 26.6. The van der Waals surface area contributed by atoms with Crippen molar-refractivity contribution < 1.29 is 0 Å². The number of rotatable bonds is 12. The lowest BCUT2D eigenvalue weighted by Crippen LogP contribution is -2.05. The molecule has 4 unspecified atom stereocenters. The average molecular weight is 503 g/mol. The fourth-order valence-corrected chi connectivity index (χ4v) is 7.91. The first-order chi connectivity index (χ1) is 15.7. The van der Waals surface area contributed by atoms with Gasteiger partial charge in [-0.25, -0.2) is 9.97 Å². The van der Waals surface area contributed by atoms with E-state index in [0.29, 0.717) is 35.5 Å². The monoisotopic (exact) mass is 502 g/mol. The SMILES string of the molecule is CC(C)c1ncsc1C(C)CCC(C)c1scnc1C(C)CCC(C)c1ccsc1C(C)C.